The first-order chi connectivity index (χ1) is 14.1. The zero-order valence-corrected chi connectivity index (χ0v) is 16.5. The highest BCUT2D eigenvalue weighted by atomic mass is 16.3. The van der Waals surface area contributed by atoms with E-state index < -0.39 is 0 Å². The van der Waals surface area contributed by atoms with Gasteiger partial charge in [-0.3, -0.25) is 4.79 Å². The number of likely N-dealkylation sites (tertiary alicyclic amines) is 1. The molecule has 29 heavy (non-hydrogen) atoms. The number of carbonyl (C=O) groups excluding carboxylic acids is 1. The predicted molar refractivity (Wildman–Crippen MR) is 107 cm³/mol. The van der Waals surface area contributed by atoms with Crippen LogP contribution in [0, 0.1) is 25.7 Å². The second kappa shape index (κ2) is 6.99. The molecule has 0 unspecified atom stereocenters. The summed E-state index contributed by atoms with van der Waals surface area (Å²) in [5.74, 6) is 2.12. The summed E-state index contributed by atoms with van der Waals surface area (Å²) in [5, 5.41) is 0. The van der Waals surface area contributed by atoms with Crippen LogP contribution in [-0.2, 0) is 0 Å². The van der Waals surface area contributed by atoms with Crippen LogP contribution in [0.4, 0.5) is 5.82 Å². The molecule has 0 spiro atoms. The second-order valence-electron chi connectivity index (χ2n) is 7.91. The van der Waals surface area contributed by atoms with Gasteiger partial charge in [0, 0.05) is 44.6 Å². The molecule has 7 heteroatoms. The summed E-state index contributed by atoms with van der Waals surface area (Å²) >= 11 is 0. The lowest BCUT2D eigenvalue weighted by Gasteiger charge is -2.30. The fourth-order valence-corrected chi connectivity index (χ4v) is 4.84. The molecule has 148 valence electrons. The van der Waals surface area contributed by atoms with Crippen LogP contribution in [0.15, 0.2) is 53.5 Å². The summed E-state index contributed by atoms with van der Waals surface area (Å²) in [6.07, 6.45) is 4.83. The Balaban J connectivity index is 1.50. The average molecular weight is 389 g/mol. The number of aryl methyl sites for hydroxylation is 2. The Bertz CT molecular complexity index is 1030. The molecule has 7 nitrogen and oxygen atoms in total. The maximum absolute atomic E-state index is 13.3. The highest BCUT2D eigenvalue weighted by molar-refractivity contribution is 5.92. The first kappa shape index (κ1) is 17.8. The minimum Gasteiger partial charge on any atom is -0.448 e. The highest BCUT2D eigenvalue weighted by Crippen LogP contribution is 2.46. The molecule has 1 amide bonds. The van der Waals surface area contributed by atoms with E-state index in [4.69, 9.17) is 4.42 Å². The van der Waals surface area contributed by atoms with Gasteiger partial charge in [-0.25, -0.2) is 15.0 Å². The molecule has 1 aromatic carbocycles. The van der Waals surface area contributed by atoms with Crippen molar-refractivity contribution in [3.63, 3.8) is 0 Å². The van der Waals surface area contributed by atoms with Crippen LogP contribution >= 0.6 is 0 Å². The number of hydrogen-bond donors (Lipinski definition) is 0. The standard InChI is InChI=1S/C22H23N5O2/c1-14-5-3-4-6-17(14)21-18-11-26(20-7-8-23-13-24-20)9-16(18)10-27(21)22(28)19-12-29-15(2)25-19/h3-8,12-13,16,18,21H,9-11H2,1-2H3/t16-,18-,21+/m0/s1. The van der Waals surface area contributed by atoms with E-state index in [0.717, 1.165) is 18.9 Å². The monoisotopic (exact) mass is 389 g/mol. The number of rotatable bonds is 3. The molecule has 2 aliphatic heterocycles. The number of fused-ring (bicyclic) bond motifs is 1. The van der Waals surface area contributed by atoms with Gasteiger partial charge in [-0.2, -0.15) is 0 Å². The minimum atomic E-state index is -0.0573. The van der Waals surface area contributed by atoms with Crippen molar-refractivity contribution >= 4 is 11.7 Å². The Morgan fingerprint density at radius 2 is 2.00 bits per heavy atom. The van der Waals surface area contributed by atoms with Crippen LogP contribution in [0.1, 0.15) is 33.5 Å². The summed E-state index contributed by atoms with van der Waals surface area (Å²) in [4.78, 5) is 30.3. The van der Waals surface area contributed by atoms with Gasteiger partial charge in [0.2, 0.25) is 0 Å². The van der Waals surface area contributed by atoms with Crippen LogP contribution in [0.25, 0.3) is 0 Å². The Hall–Kier alpha value is -3.22. The van der Waals surface area contributed by atoms with Crippen molar-refractivity contribution in [2.75, 3.05) is 24.5 Å². The van der Waals surface area contributed by atoms with Crippen molar-refractivity contribution in [1.29, 1.82) is 0 Å². The molecule has 0 N–H and O–H groups in total. The molecule has 2 saturated heterocycles. The van der Waals surface area contributed by atoms with Crippen molar-refractivity contribution in [2.24, 2.45) is 11.8 Å². The normalized spacial score (nSPS) is 23.4. The maximum atomic E-state index is 13.3. The number of anilines is 1. The molecule has 2 aromatic heterocycles. The summed E-state index contributed by atoms with van der Waals surface area (Å²) in [6, 6.07) is 10.3. The topological polar surface area (TPSA) is 75.4 Å². The van der Waals surface area contributed by atoms with Gasteiger partial charge in [0.15, 0.2) is 11.6 Å². The Morgan fingerprint density at radius 3 is 2.72 bits per heavy atom. The summed E-state index contributed by atoms with van der Waals surface area (Å²) < 4.78 is 5.30. The van der Waals surface area contributed by atoms with Gasteiger partial charge in [0.1, 0.15) is 18.4 Å². The average Bonchev–Trinajstić information content (AvgIpc) is 3.43. The first-order valence-corrected chi connectivity index (χ1v) is 9.91. The number of nitrogens with zero attached hydrogens (tertiary/aromatic N) is 5. The molecule has 2 fully saturated rings. The van der Waals surface area contributed by atoms with E-state index in [0.29, 0.717) is 30.0 Å². The maximum Gasteiger partial charge on any atom is 0.276 e. The van der Waals surface area contributed by atoms with E-state index in [1.54, 1.807) is 19.4 Å². The van der Waals surface area contributed by atoms with Gasteiger partial charge >= 0.3 is 0 Å². The smallest absolute Gasteiger partial charge is 0.276 e. The van der Waals surface area contributed by atoms with E-state index >= 15 is 0 Å². The summed E-state index contributed by atoms with van der Waals surface area (Å²) in [6.45, 7) is 6.32. The first-order valence-electron chi connectivity index (χ1n) is 9.91. The highest BCUT2D eigenvalue weighted by Gasteiger charge is 2.50. The van der Waals surface area contributed by atoms with Crippen LogP contribution in [0.2, 0.25) is 0 Å². The number of carbonyl (C=O) groups is 1. The van der Waals surface area contributed by atoms with E-state index in [-0.39, 0.29) is 11.9 Å². The SMILES string of the molecule is Cc1nc(C(=O)N2C[C@@H]3CN(c4ccncn4)C[C@@H]3[C@H]2c2ccccc2C)co1. The van der Waals surface area contributed by atoms with Gasteiger partial charge in [0.05, 0.1) is 6.04 Å². The summed E-state index contributed by atoms with van der Waals surface area (Å²) in [5.41, 5.74) is 2.79. The number of amides is 1. The van der Waals surface area contributed by atoms with Gasteiger partial charge in [-0.1, -0.05) is 24.3 Å². The minimum absolute atomic E-state index is 0.0116. The fourth-order valence-electron chi connectivity index (χ4n) is 4.84. The molecule has 0 bridgehead atoms. The molecule has 0 aliphatic carbocycles. The largest absolute Gasteiger partial charge is 0.448 e. The lowest BCUT2D eigenvalue weighted by Crippen LogP contribution is -2.36. The van der Waals surface area contributed by atoms with Crippen molar-refractivity contribution in [3.05, 3.63) is 71.8 Å². The van der Waals surface area contributed by atoms with E-state index in [1.807, 2.05) is 17.0 Å². The third-order valence-electron chi connectivity index (χ3n) is 6.16. The molecular weight excluding hydrogens is 366 g/mol. The molecule has 3 aromatic rings. The van der Waals surface area contributed by atoms with Crippen molar-refractivity contribution in [3.8, 4) is 0 Å². The molecule has 0 radical (unpaired) electrons. The van der Waals surface area contributed by atoms with Gasteiger partial charge in [0.25, 0.3) is 5.91 Å². The van der Waals surface area contributed by atoms with Crippen molar-refractivity contribution in [2.45, 2.75) is 19.9 Å². The third kappa shape index (κ3) is 3.06. The zero-order chi connectivity index (χ0) is 20.0. The van der Waals surface area contributed by atoms with Crippen LogP contribution in [0.5, 0.6) is 0 Å². The molecule has 0 saturated carbocycles. The van der Waals surface area contributed by atoms with Gasteiger partial charge in [-0.15, -0.1) is 0 Å². The Labute approximate surface area is 169 Å². The third-order valence-corrected chi connectivity index (χ3v) is 6.16. The van der Waals surface area contributed by atoms with Crippen LogP contribution < -0.4 is 4.90 Å². The van der Waals surface area contributed by atoms with Gasteiger partial charge in [-0.05, 0) is 24.1 Å². The molecule has 4 heterocycles. The lowest BCUT2D eigenvalue weighted by molar-refractivity contribution is 0.0709. The van der Waals surface area contributed by atoms with Crippen molar-refractivity contribution < 1.29 is 9.21 Å². The van der Waals surface area contributed by atoms with Crippen molar-refractivity contribution in [1.82, 2.24) is 19.9 Å². The van der Waals surface area contributed by atoms with E-state index in [9.17, 15) is 4.79 Å². The lowest BCUT2D eigenvalue weighted by atomic mass is 9.87. The molecular formula is C22H23N5O2. The molecule has 3 atom stereocenters. The number of benzene rings is 1. The zero-order valence-electron chi connectivity index (χ0n) is 16.5. The predicted octanol–water partition coefficient (Wildman–Crippen LogP) is 3.03. The molecule has 2 aliphatic rings. The number of aromatic nitrogens is 3. The second-order valence-corrected chi connectivity index (χ2v) is 7.91. The van der Waals surface area contributed by atoms with E-state index in [2.05, 4.69) is 45.0 Å². The van der Waals surface area contributed by atoms with Crippen LogP contribution in [-0.4, -0.2) is 45.4 Å². The fraction of sp³-hybridized carbons (Fsp3) is 0.364. The number of hydrogen-bond acceptors (Lipinski definition) is 6. The van der Waals surface area contributed by atoms with E-state index in [1.165, 1.54) is 17.4 Å². The number of oxazole rings is 1. The summed E-state index contributed by atoms with van der Waals surface area (Å²) in [7, 11) is 0. The van der Waals surface area contributed by atoms with Gasteiger partial charge < -0.3 is 14.2 Å². The molecule has 5 rings (SSSR count). The Morgan fingerprint density at radius 1 is 1.14 bits per heavy atom. The van der Waals surface area contributed by atoms with Crippen LogP contribution in [0.3, 0.4) is 0 Å². The quantitative estimate of drug-likeness (QED) is 0.685. The Kier molecular flexibility index (Phi) is 4.30.